The van der Waals surface area contributed by atoms with Crippen LogP contribution < -0.4 is 0 Å². The summed E-state index contributed by atoms with van der Waals surface area (Å²) in [5.74, 6) is -0.678. The van der Waals surface area contributed by atoms with Crippen LogP contribution in [0.1, 0.15) is 24.1 Å². The molecule has 8 heteroatoms. The second-order valence-corrected chi connectivity index (χ2v) is 6.10. The molecule has 1 aromatic heterocycles. The molecule has 0 bridgehead atoms. The summed E-state index contributed by atoms with van der Waals surface area (Å²) in [5, 5.41) is 3.54. The average Bonchev–Trinajstić information content (AvgIpc) is 2.64. The van der Waals surface area contributed by atoms with E-state index in [4.69, 9.17) is 9.26 Å². The van der Waals surface area contributed by atoms with E-state index in [1.807, 2.05) is 0 Å². The number of sulfone groups is 1. The van der Waals surface area contributed by atoms with Crippen LogP contribution in [0.2, 0.25) is 0 Å². The van der Waals surface area contributed by atoms with Crippen molar-refractivity contribution < 1.29 is 22.5 Å². The lowest BCUT2D eigenvalue weighted by Gasteiger charge is -2.16. The van der Waals surface area contributed by atoms with Gasteiger partial charge in [-0.3, -0.25) is 4.79 Å². The first-order valence-electron chi connectivity index (χ1n) is 5.06. The molecule has 0 radical (unpaired) electrons. The van der Waals surface area contributed by atoms with Crippen LogP contribution in [-0.4, -0.2) is 43.8 Å². The van der Waals surface area contributed by atoms with Crippen LogP contribution in [0.4, 0.5) is 0 Å². The van der Waals surface area contributed by atoms with Gasteiger partial charge in [-0.05, 0) is 0 Å². The van der Waals surface area contributed by atoms with Gasteiger partial charge in [0.2, 0.25) is 5.89 Å². The zero-order valence-corrected chi connectivity index (χ0v) is 10.1. The van der Waals surface area contributed by atoms with E-state index in [0.29, 0.717) is 13.0 Å². The standard InChI is InChI=1S/C9H12N2O5S/c1-17(13,14)5-8-10-9(16-11-8)6-4-15-3-2-7(6)12/h6H,2-5H2,1H3. The van der Waals surface area contributed by atoms with Gasteiger partial charge in [-0.1, -0.05) is 5.16 Å². The van der Waals surface area contributed by atoms with E-state index in [-0.39, 0.29) is 29.9 Å². The van der Waals surface area contributed by atoms with Gasteiger partial charge in [-0.15, -0.1) is 0 Å². The number of aromatic nitrogens is 2. The Bertz CT molecular complexity index is 521. The van der Waals surface area contributed by atoms with E-state index in [1.54, 1.807) is 0 Å². The lowest BCUT2D eigenvalue weighted by atomic mass is 10.0. The SMILES string of the molecule is CS(=O)(=O)Cc1noc(C2COCCC2=O)n1. The van der Waals surface area contributed by atoms with Crippen LogP contribution in [0.3, 0.4) is 0 Å². The van der Waals surface area contributed by atoms with E-state index in [2.05, 4.69) is 10.1 Å². The third-order valence-electron chi connectivity index (χ3n) is 2.34. The fourth-order valence-corrected chi connectivity index (χ4v) is 2.14. The molecule has 0 saturated carbocycles. The molecule has 2 rings (SSSR count). The first-order chi connectivity index (χ1) is 7.96. The number of rotatable bonds is 3. The molecule has 7 nitrogen and oxygen atoms in total. The van der Waals surface area contributed by atoms with Crippen molar-refractivity contribution in [3.05, 3.63) is 11.7 Å². The normalized spacial score (nSPS) is 21.7. The minimum atomic E-state index is -3.21. The number of ketones is 1. The van der Waals surface area contributed by atoms with Crippen LogP contribution in [0, 0.1) is 0 Å². The highest BCUT2D eigenvalue weighted by atomic mass is 32.2. The van der Waals surface area contributed by atoms with Crippen LogP contribution in [0.5, 0.6) is 0 Å². The summed E-state index contributed by atoms with van der Waals surface area (Å²) in [6, 6.07) is 0. The summed E-state index contributed by atoms with van der Waals surface area (Å²) in [4.78, 5) is 15.5. The van der Waals surface area contributed by atoms with Gasteiger partial charge in [0, 0.05) is 12.7 Å². The monoisotopic (exact) mass is 260 g/mol. The van der Waals surface area contributed by atoms with Gasteiger partial charge < -0.3 is 9.26 Å². The largest absolute Gasteiger partial charge is 0.380 e. The highest BCUT2D eigenvalue weighted by Gasteiger charge is 2.30. The molecule has 0 aliphatic carbocycles. The van der Waals surface area contributed by atoms with Gasteiger partial charge >= 0.3 is 0 Å². The summed E-state index contributed by atoms with van der Waals surface area (Å²) in [6.07, 6.45) is 1.40. The lowest BCUT2D eigenvalue weighted by Crippen LogP contribution is -2.25. The lowest BCUT2D eigenvalue weighted by molar-refractivity contribution is -0.127. The van der Waals surface area contributed by atoms with Crippen molar-refractivity contribution in [2.45, 2.75) is 18.1 Å². The molecular weight excluding hydrogens is 248 g/mol. The van der Waals surface area contributed by atoms with Crippen molar-refractivity contribution in [2.24, 2.45) is 0 Å². The molecule has 0 spiro atoms. The topological polar surface area (TPSA) is 99.4 Å². The Balaban J connectivity index is 2.15. The molecule has 1 aromatic rings. The third-order valence-corrected chi connectivity index (χ3v) is 3.12. The van der Waals surface area contributed by atoms with Crippen molar-refractivity contribution in [3.8, 4) is 0 Å². The van der Waals surface area contributed by atoms with Crippen LogP contribution in [0.15, 0.2) is 4.52 Å². The molecule has 1 saturated heterocycles. The molecule has 1 unspecified atom stereocenters. The highest BCUT2D eigenvalue weighted by Crippen LogP contribution is 2.21. The molecular formula is C9H12N2O5S. The number of carbonyl (C=O) groups is 1. The summed E-state index contributed by atoms with van der Waals surface area (Å²) in [7, 11) is -3.21. The quantitative estimate of drug-likeness (QED) is 0.734. The number of nitrogens with zero attached hydrogens (tertiary/aromatic N) is 2. The van der Waals surface area contributed by atoms with Crippen molar-refractivity contribution in [1.82, 2.24) is 10.1 Å². The maximum Gasteiger partial charge on any atom is 0.239 e. The van der Waals surface area contributed by atoms with E-state index in [0.717, 1.165) is 6.26 Å². The molecule has 1 atom stereocenters. The van der Waals surface area contributed by atoms with Crippen molar-refractivity contribution in [1.29, 1.82) is 0 Å². The molecule has 94 valence electrons. The van der Waals surface area contributed by atoms with Gasteiger partial charge in [0.15, 0.2) is 15.7 Å². The smallest absolute Gasteiger partial charge is 0.239 e. The Kier molecular flexibility index (Phi) is 3.25. The van der Waals surface area contributed by atoms with Gasteiger partial charge in [0.1, 0.15) is 17.5 Å². The minimum Gasteiger partial charge on any atom is -0.380 e. The summed E-state index contributed by atoms with van der Waals surface area (Å²) < 4.78 is 32.1. The predicted octanol–water partition coefficient (Wildman–Crippen LogP) is -0.313. The van der Waals surface area contributed by atoms with Crippen molar-refractivity contribution in [3.63, 3.8) is 0 Å². The molecule has 0 aromatic carbocycles. The molecule has 1 aliphatic rings. The fraction of sp³-hybridized carbons (Fsp3) is 0.667. The van der Waals surface area contributed by atoms with Gasteiger partial charge in [0.25, 0.3) is 0 Å². The summed E-state index contributed by atoms with van der Waals surface area (Å²) in [6.45, 7) is 0.610. The van der Waals surface area contributed by atoms with Crippen LogP contribution in [0.25, 0.3) is 0 Å². The van der Waals surface area contributed by atoms with Gasteiger partial charge in [-0.25, -0.2) is 8.42 Å². The van der Waals surface area contributed by atoms with Crippen molar-refractivity contribution in [2.75, 3.05) is 19.5 Å². The maximum atomic E-state index is 11.6. The summed E-state index contributed by atoms with van der Waals surface area (Å²) in [5.41, 5.74) is 0. The molecule has 0 N–H and O–H groups in total. The predicted molar refractivity (Wildman–Crippen MR) is 56.0 cm³/mol. The Hall–Kier alpha value is -1.28. The molecule has 2 heterocycles. The molecule has 1 aliphatic heterocycles. The Morgan fingerprint density at radius 2 is 2.24 bits per heavy atom. The Labute approximate surface area is 98.1 Å². The van der Waals surface area contributed by atoms with Crippen LogP contribution >= 0.6 is 0 Å². The molecule has 1 fully saturated rings. The number of carbonyl (C=O) groups excluding carboxylic acids is 1. The zero-order chi connectivity index (χ0) is 12.5. The minimum absolute atomic E-state index is 0.0224. The maximum absolute atomic E-state index is 11.6. The van der Waals surface area contributed by atoms with Gasteiger partial charge in [0.05, 0.1) is 13.2 Å². The van der Waals surface area contributed by atoms with E-state index in [1.165, 1.54) is 0 Å². The van der Waals surface area contributed by atoms with Crippen molar-refractivity contribution >= 4 is 15.6 Å². The first-order valence-corrected chi connectivity index (χ1v) is 7.12. The van der Waals surface area contributed by atoms with E-state index in [9.17, 15) is 13.2 Å². The van der Waals surface area contributed by atoms with E-state index >= 15 is 0 Å². The number of hydrogen-bond acceptors (Lipinski definition) is 7. The first kappa shape index (κ1) is 12.2. The van der Waals surface area contributed by atoms with Crippen LogP contribution in [-0.2, 0) is 25.1 Å². The summed E-state index contributed by atoms with van der Waals surface area (Å²) >= 11 is 0. The van der Waals surface area contributed by atoms with E-state index < -0.39 is 15.8 Å². The second-order valence-electron chi connectivity index (χ2n) is 3.96. The number of ether oxygens (including phenoxy) is 1. The number of Topliss-reactive ketones (excluding diaryl/α,β-unsaturated/α-hetero) is 1. The molecule has 17 heavy (non-hydrogen) atoms. The average molecular weight is 260 g/mol. The third kappa shape index (κ3) is 3.10. The molecule has 0 amide bonds. The van der Waals surface area contributed by atoms with Gasteiger partial charge in [-0.2, -0.15) is 4.98 Å². The fourth-order valence-electron chi connectivity index (χ4n) is 1.55. The number of hydrogen-bond donors (Lipinski definition) is 0. The zero-order valence-electron chi connectivity index (χ0n) is 9.25. The second kappa shape index (κ2) is 4.53. The Morgan fingerprint density at radius 3 is 2.88 bits per heavy atom. The Morgan fingerprint density at radius 1 is 1.47 bits per heavy atom. The highest BCUT2D eigenvalue weighted by molar-refractivity contribution is 7.89.